The minimum Gasteiger partial charge on any atom is -0.316 e. The van der Waals surface area contributed by atoms with Gasteiger partial charge in [-0.3, -0.25) is 0 Å². The fourth-order valence-corrected chi connectivity index (χ4v) is 1.26. The van der Waals surface area contributed by atoms with Crippen molar-refractivity contribution >= 4 is 6.29 Å². The van der Waals surface area contributed by atoms with Gasteiger partial charge in [-0.1, -0.05) is 45.0 Å². The van der Waals surface area contributed by atoms with E-state index < -0.39 is 0 Å². The zero-order valence-electron chi connectivity index (χ0n) is 11.5. The van der Waals surface area contributed by atoms with Crippen LogP contribution in [0, 0.1) is 5.92 Å². The Hall–Kier alpha value is -1.15. The Morgan fingerprint density at radius 3 is 2.35 bits per heavy atom. The van der Waals surface area contributed by atoms with E-state index >= 15 is 0 Å². The van der Waals surface area contributed by atoms with Gasteiger partial charge >= 0.3 is 0 Å². The molecule has 0 fully saturated rings. The molecule has 2 nitrogen and oxygen atoms in total. The molecule has 0 aromatic heterocycles. The van der Waals surface area contributed by atoms with Gasteiger partial charge in [0.2, 0.25) is 0 Å². The maximum atomic E-state index is 9.74. The first-order chi connectivity index (χ1) is 8.17. The predicted octanol–water partition coefficient (Wildman–Crippen LogP) is 3.20. The second-order valence-corrected chi connectivity index (χ2v) is 4.23. The molecule has 1 aromatic carbocycles. The minimum absolute atomic E-state index is 0.255. The summed E-state index contributed by atoms with van der Waals surface area (Å²) in [5.41, 5.74) is 2.78. The second kappa shape index (κ2) is 10.0. The molecule has 17 heavy (non-hydrogen) atoms. The van der Waals surface area contributed by atoms with Gasteiger partial charge in [-0.15, -0.1) is 0 Å². The van der Waals surface area contributed by atoms with E-state index in [1.165, 1.54) is 11.1 Å². The lowest BCUT2D eigenvalue weighted by molar-refractivity contribution is -0.110. The maximum absolute atomic E-state index is 9.74. The van der Waals surface area contributed by atoms with Crippen LogP contribution in [0.3, 0.4) is 0 Å². The van der Waals surface area contributed by atoms with E-state index in [0.717, 1.165) is 25.7 Å². The smallest absolute Gasteiger partial charge is 0.122 e. The Morgan fingerprint density at radius 2 is 1.94 bits per heavy atom. The molecule has 0 spiro atoms. The highest BCUT2D eigenvalue weighted by atomic mass is 16.1. The summed E-state index contributed by atoms with van der Waals surface area (Å²) in [4.78, 5) is 9.74. The van der Waals surface area contributed by atoms with Crippen molar-refractivity contribution in [3.05, 3.63) is 35.4 Å². The van der Waals surface area contributed by atoms with Crippen molar-refractivity contribution in [1.82, 2.24) is 5.32 Å². The Kier molecular flexibility index (Phi) is 9.35. The monoisotopic (exact) mass is 235 g/mol. The van der Waals surface area contributed by atoms with Crippen molar-refractivity contribution in [1.29, 1.82) is 0 Å². The Morgan fingerprint density at radius 1 is 1.29 bits per heavy atom. The lowest BCUT2D eigenvalue weighted by atomic mass is 10.1. The molecule has 0 heterocycles. The molecule has 0 radical (unpaired) electrons. The van der Waals surface area contributed by atoms with Gasteiger partial charge in [0.1, 0.15) is 6.29 Å². The lowest BCUT2D eigenvalue weighted by Gasteiger charge is -2.01. The number of aryl methyl sites for hydroxylation is 1. The van der Waals surface area contributed by atoms with Crippen molar-refractivity contribution < 1.29 is 4.79 Å². The molecule has 0 aliphatic heterocycles. The van der Waals surface area contributed by atoms with E-state index in [-0.39, 0.29) is 5.92 Å². The molecule has 0 aliphatic carbocycles. The van der Waals surface area contributed by atoms with E-state index in [9.17, 15) is 4.79 Å². The normalized spacial score (nSPS) is 11.3. The SMILES string of the molecule is CCC(C)C=O.CCc1cccc(CNC)c1. The van der Waals surface area contributed by atoms with Crippen LogP contribution in [0.15, 0.2) is 24.3 Å². The summed E-state index contributed by atoms with van der Waals surface area (Å²) in [5.74, 6) is 0.255. The zero-order chi connectivity index (χ0) is 13.1. The van der Waals surface area contributed by atoms with Gasteiger partial charge in [0.15, 0.2) is 0 Å². The number of carbonyl (C=O) groups excluding carboxylic acids is 1. The highest BCUT2D eigenvalue weighted by Crippen LogP contribution is 2.04. The number of hydrogen-bond acceptors (Lipinski definition) is 2. The van der Waals surface area contributed by atoms with Gasteiger partial charge in [0.25, 0.3) is 0 Å². The molecular formula is C15H25NO. The number of nitrogens with one attached hydrogen (secondary N) is 1. The topological polar surface area (TPSA) is 29.1 Å². The van der Waals surface area contributed by atoms with Crippen LogP contribution in [0.4, 0.5) is 0 Å². The first kappa shape index (κ1) is 15.9. The highest BCUT2D eigenvalue weighted by molar-refractivity contribution is 5.52. The fourth-order valence-electron chi connectivity index (χ4n) is 1.26. The van der Waals surface area contributed by atoms with E-state index in [0.29, 0.717) is 0 Å². The zero-order valence-corrected chi connectivity index (χ0v) is 11.5. The summed E-state index contributed by atoms with van der Waals surface area (Å²) in [7, 11) is 1.97. The molecule has 0 saturated heterocycles. The summed E-state index contributed by atoms with van der Waals surface area (Å²) in [6.45, 7) is 7.05. The van der Waals surface area contributed by atoms with Crippen molar-refractivity contribution in [2.75, 3.05) is 7.05 Å². The molecule has 0 bridgehead atoms. The first-order valence-corrected chi connectivity index (χ1v) is 6.35. The molecule has 1 N–H and O–H groups in total. The largest absolute Gasteiger partial charge is 0.316 e. The van der Waals surface area contributed by atoms with Crippen molar-refractivity contribution in [3.8, 4) is 0 Å². The average molecular weight is 235 g/mol. The number of benzene rings is 1. The third kappa shape index (κ3) is 7.70. The van der Waals surface area contributed by atoms with Gasteiger partial charge < -0.3 is 10.1 Å². The average Bonchev–Trinajstić information content (AvgIpc) is 2.39. The minimum atomic E-state index is 0.255. The van der Waals surface area contributed by atoms with Crippen LogP contribution >= 0.6 is 0 Å². The lowest BCUT2D eigenvalue weighted by Crippen LogP contribution is -2.04. The van der Waals surface area contributed by atoms with Crippen LogP contribution in [0.5, 0.6) is 0 Å². The summed E-state index contributed by atoms with van der Waals surface area (Å²) < 4.78 is 0. The van der Waals surface area contributed by atoms with Crippen molar-refractivity contribution in [2.45, 2.75) is 40.2 Å². The third-order valence-corrected chi connectivity index (χ3v) is 2.66. The van der Waals surface area contributed by atoms with Gasteiger partial charge in [0.05, 0.1) is 0 Å². The van der Waals surface area contributed by atoms with Gasteiger partial charge in [-0.25, -0.2) is 0 Å². The van der Waals surface area contributed by atoms with Gasteiger partial charge in [0, 0.05) is 12.5 Å². The molecule has 0 aliphatic rings. The molecule has 1 unspecified atom stereocenters. The van der Waals surface area contributed by atoms with Crippen molar-refractivity contribution in [3.63, 3.8) is 0 Å². The predicted molar refractivity (Wildman–Crippen MR) is 74.1 cm³/mol. The Bertz CT molecular complexity index is 310. The Balaban J connectivity index is 0.000000366. The summed E-state index contributed by atoms with van der Waals surface area (Å²) in [5, 5.41) is 3.14. The van der Waals surface area contributed by atoms with Gasteiger partial charge in [-0.2, -0.15) is 0 Å². The standard InChI is InChI=1S/C10H15N.C5H10O/c1-3-9-5-4-6-10(7-9)8-11-2;1-3-5(2)4-6/h4-7,11H,3,8H2,1-2H3;4-5H,3H2,1-2H3. The highest BCUT2D eigenvalue weighted by Gasteiger charge is 1.91. The maximum Gasteiger partial charge on any atom is 0.122 e. The van der Waals surface area contributed by atoms with Crippen LogP contribution in [0.1, 0.15) is 38.3 Å². The third-order valence-electron chi connectivity index (χ3n) is 2.66. The number of carbonyl (C=O) groups is 1. The van der Waals surface area contributed by atoms with Crippen LogP contribution in [0.2, 0.25) is 0 Å². The molecule has 1 rings (SSSR count). The van der Waals surface area contributed by atoms with Gasteiger partial charge in [-0.05, 0) is 31.0 Å². The van der Waals surface area contributed by atoms with Crippen LogP contribution < -0.4 is 5.32 Å². The summed E-state index contributed by atoms with van der Waals surface area (Å²) in [6, 6.07) is 8.68. The van der Waals surface area contributed by atoms with E-state index in [4.69, 9.17) is 0 Å². The number of rotatable bonds is 5. The van der Waals surface area contributed by atoms with Crippen LogP contribution in [0.25, 0.3) is 0 Å². The molecule has 0 amide bonds. The summed E-state index contributed by atoms with van der Waals surface area (Å²) >= 11 is 0. The molecule has 96 valence electrons. The number of aldehydes is 1. The van der Waals surface area contributed by atoms with E-state index in [1.54, 1.807) is 0 Å². The van der Waals surface area contributed by atoms with E-state index in [2.05, 4.69) is 36.5 Å². The molecular weight excluding hydrogens is 210 g/mol. The second-order valence-electron chi connectivity index (χ2n) is 4.23. The number of hydrogen-bond donors (Lipinski definition) is 1. The molecule has 0 saturated carbocycles. The molecule has 1 atom stereocenters. The molecule has 1 aromatic rings. The summed E-state index contributed by atoms with van der Waals surface area (Å²) in [6.07, 6.45) is 3.06. The van der Waals surface area contributed by atoms with Crippen LogP contribution in [-0.2, 0) is 17.8 Å². The van der Waals surface area contributed by atoms with Crippen LogP contribution in [-0.4, -0.2) is 13.3 Å². The van der Waals surface area contributed by atoms with Crippen molar-refractivity contribution in [2.24, 2.45) is 5.92 Å². The fraction of sp³-hybridized carbons (Fsp3) is 0.533. The quantitative estimate of drug-likeness (QED) is 0.794. The van der Waals surface area contributed by atoms with E-state index in [1.807, 2.05) is 20.9 Å². The molecule has 2 heteroatoms. The first-order valence-electron chi connectivity index (χ1n) is 6.35. The Labute approximate surface area is 105 Å².